The Labute approximate surface area is 125 Å². The number of para-hydroxylation sites is 1. The Morgan fingerprint density at radius 3 is 1.86 bits per heavy atom. The largest absolute Gasteiger partial charge is 0.530 e. The van der Waals surface area contributed by atoms with Gasteiger partial charge in [-0.3, -0.25) is 9.05 Å². The van der Waals surface area contributed by atoms with Crippen LogP contribution in [0.25, 0.3) is 0 Å². The topological polar surface area (TPSA) is 85.2 Å². The van der Waals surface area contributed by atoms with E-state index in [1.807, 2.05) is 6.07 Å². The molecule has 0 bridgehead atoms. The Bertz CT molecular complexity index is 395. The maximum absolute atomic E-state index is 12.5. The highest BCUT2D eigenvalue weighted by Crippen LogP contribution is 2.49. The van der Waals surface area contributed by atoms with Crippen LogP contribution >= 0.6 is 7.82 Å². The van der Waals surface area contributed by atoms with Crippen LogP contribution in [0.3, 0.4) is 0 Å². The molecule has 0 aliphatic heterocycles. The average molecular weight is 318 g/mol. The number of phosphoric ester groups is 1. The second-order valence-electron chi connectivity index (χ2n) is 4.38. The predicted molar refractivity (Wildman–Crippen MR) is 79.2 cm³/mol. The van der Waals surface area contributed by atoms with Crippen molar-refractivity contribution in [2.45, 2.75) is 25.7 Å². The second-order valence-corrected chi connectivity index (χ2v) is 5.97. The van der Waals surface area contributed by atoms with Crippen LogP contribution in [0.4, 0.5) is 0 Å². The number of hydrogen-bond donors (Lipinski definition) is 2. The maximum atomic E-state index is 12.5. The molecule has 1 aromatic carbocycles. The summed E-state index contributed by atoms with van der Waals surface area (Å²) in [5.41, 5.74) is 0. The van der Waals surface area contributed by atoms with E-state index >= 15 is 0 Å². The Hall–Kier alpha value is -0.910. The number of phosphoric acid groups is 1. The molecule has 1 rings (SSSR count). The van der Waals surface area contributed by atoms with Crippen molar-refractivity contribution >= 4 is 7.82 Å². The van der Waals surface area contributed by atoms with Crippen molar-refractivity contribution in [2.24, 2.45) is 0 Å². The van der Waals surface area contributed by atoms with E-state index in [2.05, 4.69) is 0 Å². The molecule has 21 heavy (non-hydrogen) atoms. The minimum absolute atomic E-state index is 0.0601. The number of rotatable bonds is 12. The van der Waals surface area contributed by atoms with E-state index < -0.39 is 7.82 Å². The smallest absolute Gasteiger partial charge is 0.404 e. The monoisotopic (exact) mass is 318 g/mol. The number of aliphatic hydroxyl groups is 2. The van der Waals surface area contributed by atoms with Gasteiger partial charge in [0, 0.05) is 13.2 Å². The standard InChI is InChI=1S/C14H23O6P/c15-10-4-6-12-18-21(17,19-13-7-5-11-16)20-14-8-2-1-3-9-14/h1-3,8-9,15-16H,4-7,10-13H2. The quantitative estimate of drug-likeness (QED) is 0.455. The summed E-state index contributed by atoms with van der Waals surface area (Å²) in [4.78, 5) is 0. The molecule has 0 radical (unpaired) electrons. The molecule has 0 aromatic heterocycles. The molecule has 0 heterocycles. The van der Waals surface area contributed by atoms with E-state index in [9.17, 15) is 4.57 Å². The third-order valence-electron chi connectivity index (χ3n) is 2.56. The summed E-state index contributed by atoms with van der Waals surface area (Å²) in [6.45, 7) is 0.491. The van der Waals surface area contributed by atoms with Gasteiger partial charge in [-0.15, -0.1) is 0 Å². The summed E-state index contributed by atoms with van der Waals surface area (Å²) in [6, 6.07) is 8.68. The highest BCUT2D eigenvalue weighted by atomic mass is 31.2. The van der Waals surface area contributed by atoms with Crippen LogP contribution in [0.2, 0.25) is 0 Å². The van der Waals surface area contributed by atoms with Crippen molar-refractivity contribution in [1.29, 1.82) is 0 Å². The van der Waals surface area contributed by atoms with Crippen molar-refractivity contribution < 1.29 is 28.3 Å². The number of unbranched alkanes of at least 4 members (excludes halogenated alkanes) is 2. The van der Waals surface area contributed by atoms with E-state index in [4.69, 9.17) is 23.8 Å². The molecule has 0 spiro atoms. The van der Waals surface area contributed by atoms with Crippen molar-refractivity contribution in [3.05, 3.63) is 30.3 Å². The summed E-state index contributed by atoms with van der Waals surface area (Å²) in [5.74, 6) is 0.408. The summed E-state index contributed by atoms with van der Waals surface area (Å²) in [6.07, 6.45) is 2.27. The van der Waals surface area contributed by atoms with E-state index in [0.29, 0.717) is 31.4 Å². The second kappa shape index (κ2) is 10.8. The third-order valence-corrected chi connectivity index (χ3v) is 4.00. The van der Waals surface area contributed by atoms with Gasteiger partial charge in [0.25, 0.3) is 0 Å². The first-order valence-electron chi connectivity index (χ1n) is 7.05. The first-order chi connectivity index (χ1) is 10.2. The fourth-order valence-electron chi connectivity index (χ4n) is 1.48. The molecule has 2 N–H and O–H groups in total. The van der Waals surface area contributed by atoms with Gasteiger partial charge in [-0.05, 0) is 37.8 Å². The van der Waals surface area contributed by atoms with Gasteiger partial charge < -0.3 is 14.7 Å². The highest BCUT2D eigenvalue weighted by molar-refractivity contribution is 7.48. The van der Waals surface area contributed by atoms with Gasteiger partial charge >= 0.3 is 7.82 Å². The zero-order valence-electron chi connectivity index (χ0n) is 12.0. The Morgan fingerprint density at radius 2 is 1.38 bits per heavy atom. The summed E-state index contributed by atoms with van der Waals surface area (Å²) in [7, 11) is -3.68. The van der Waals surface area contributed by atoms with Crippen LogP contribution in [0.15, 0.2) is 30.3 Å². The zero-order chi connectivity index (χ0) is 15.4. The maximum Gasteiger partial charge on any atom is 0.530 e. The van der Waals surface area contributed by atoms with Gasteiger partial charge in [-0.2, -0.15) is 0 Å². The van der Waals surface area contributed by atoms with Crippen molar-refractivity contribution in [3.8, 4) is 5.75 Å². The molecule has 0 unspecified atom stereocenters. The molecule has 1 aromatic rings. The van der Waals surface area contributed by atoms with Crippen molar-refractivity contribution in [2.75, 3.05) is 26.4 Å². The van der Waals surface area contributed by atoms with Gasteiger partial charge in [-0.1, -0.05) is 18.2 Å². The van der Waals surface area contributed by atoms with Gasteiger partial charge in [0.05, 0.1) is 13.2 Å². The van der Waals surface area contributed by atoms with E-state index in [-0.39, 0.29) is 26.4 Å². The lowest BCUT2D eigenvalue weighted by molar-refractivity contribution is 0.145. The van der Waals surface area contributed by atoms with Gasteiger partial charge in [-0.25, -0.2) is 4.57 Å². The lowest BCUT2D eigenvalue weighted by Crippen LogP contribution is -2.05. The zero-order valence-corrected chi connectivity index (χ0v) is 12.9. The Morgan fingerprint density at radius 1 is 0.857 bits per heavy atom. The summed E-state index contributed by atoms with van der Waals surface area (Å²) >= 11 is 0. The van der Waals surface area contributed by atoms with Crippen LogP contribution in [-0.4, -0.2) is 36.6 Å². The SMILES string of the molecule is O=P(OCCCCO)(OCCCCO)Oc1ccccc1. The number of hydrogen-bond acceptors (Lipinski definition) is 6. The molecule has 120 valence electrons. The first kappa shape index (κ1) is 18.1. The van der Waals surface area contributed by atoms with Crippen molar-refractivity contribution in [1.82, 2.24) is 0 Å². The van der Waals surface area contributed by atoms with Crippen LogP contribution in [0.1, 0.15) is 25.7 Å². The first-order valence-corrected chi connectivity index (χ1v) is 8.52. The molecule has 0 amide bonds. The predicted octanol–water partition coefficient (Wildman–Crippen LogP) is 2.75. The minimum atomic E-state index is -3.68. The molecule has 7 heteroatoms. The average Bonchev–Trinajstić information content (AvgIpc) is 2.49. The fraction of sp³-hybridized carbons (Fsp3) is 0.571. The summed E-state index contributed by atoms with van der Waals surface area (Å²) in [5, 5.41) is 17.4. The summed E-state index contributed by atoms with van der Waals surface area (Å²) < 4.78 is 28.4. The lowest BCUT2D eigenvalue weighted by Gasteiger charge is -2.18. The lowest BCUT2D eigenvalue weighted by atomic mass is 10.3. The van der Waals surface area contributed by atoms with Crippen LogP contribution in [-0.2, 0) is 13.6 Å². The highest BCUT2D eigenvalue weighted by Gasteiger charge is 2.28. The Balaban J connectivity index is 2.53. The minimum Gasteiger partial charge on any atom is -0.404 e. The molecule has 0 aliphatic rings. The molecule has 0 saturated carbocycles. The fourth-order valence-corrected chi connectivity index (χ4v) is 2.75. The van der Waals surface area contributed by atoms with Crippen molar-refractivity contribution in [3.63, 3.8) is 0 Å². The molecule has 0 fully saturated rings. The molecule has 0 aliphatic carbocycles. The molecule has 0 saturated heterocycles. The molecule has 0 atom stereocenters. The number of benzene rings is 1. The van der Waals surface area contributed by atoms with Gasteiger partial charge in [0.2, 0.25) is 0 Å². The van der Waals surface area contributed by atoms with E-state index in [1.165, 1.54) is 0 Å². The van der Waals surface area contributed by atoms with Gasteiger partial charge in [0.15, 0.2) is 0 Å². The third kappa shape index (κ3) is 8.19. The normalized spacial score (nSPS) is 11.5. The number of aliphatic hydroxyl groups excluding tert-OH is 2. The molecule has 6 nitrogen and oxygen atoms in total. The molecular formula is C14H23O6P. The molecular weight excluding hydrogens is 295 g/mol. The van der Waals surface area contributed by atoms with E-state index in [0.717, 1.165) is 0 Å². The van der Waals surface area contributed by atoms with Crippen LogP contribution < -0.4 is 4.52 Å². The van der Waals surface area contributed by atoms with Crippen LogP contribution in [0.5, 0.6) is 5.75 Å². The Kier molecular flexibility index (Phi) is 9.30. The van der Waals surface area contributed by atoms with Crippen LogP contribution in [0, 0.1) is 0 Å². The van der Waals surface area contributed by atoms with E-state index in [1.54, 1.807) is 24.3 Å². The van der Waals surface area contributed by atoms with Gasteiger partial charge in [0.1, 0.15) is 5.75 Å².